The smallest absolute Gasteiger partial charge is 0.410 e. The topological polar surface area (TPSA) is 228 Å². The number of aliphatic hydroxyl groups excluding tert-OH is 3. The molecule has 406 valence electrons. The zero-order valence-electron chi connectivity index (χ0n) is 44.8. The number of oxime groups is 1. The zero-order chi connectivity index (χ0) is 53.3. The number of methoxy groups -OCH3 is 1. The average Bonchev–Trinajstić information content (AvgIpc) is 3.34. The number of benzene rings is 2. The molecule has 5 rings (SSSR count). The molecule has 2 aromatic rings. The molecule has 18 heteroatoms. The van der Waals surface area contributed by atoms with E-state index in [9.17, 15) is 35.1 Å². The van der Waals surface area contributed by atoms with E-state index in [0.717, 1.165) is 11.1 Å². The minimum Gasteiger partial charge on any atom is -0.459 e. The van der Waals surface area contributed by atoms with Crippen molar-refractivity contribution in [2.24, 2.45) is 28.8 Å². The molecule has 3 aliphatic heterocycles. The number of carbonyl (C=O) groups is 2. The highest BCUT2D eigenvalue weighted by Crippen LogP contribution is 2.41. The maximum atomic E-state index is 14.6. The van der Waals surface area contributed by atoms with Crippen LogP contribution in [0.2, 0.25) is 0 Å². The number of hydrogen-bond acceptors (Lipinski definition) is 17. The number of hydrogen-bond donors (Lipinski definition) is 5. The van der Waals surface area contributed by atoms with Crippen LogP contribution in [0.5, 0.6) is 0 Å². The molecule has 0 bridgehead atoms. The number of esters is 1. The van der Waals surface area contributed by atoms with Crippen LogP contribution in [0.25, 0.3) is 0 Å². The average molecular weight is 1020 g/mol. The third-order valence-corrected chi connectivity index (χ3v) is 15.2. The summed E-state index contributed by atoms with van der Waals surface area (Å²) in [6.07, 6.45) is -10.6. The minimum atomic E-state index is -2.04. The Balaban J connectivity index is 1.55. The summed E-state index contributed by atoms with van der Waals surface area (Å²) in [5, 5.41) is 65.0. The summed E-state index contributed by atoms with van der Waals surface area (Å²) in [6.45, 7) is 17.1. The summed E-state index contributed by atoms with van der Waals surface area (Å²) in [6, 6.07) is 18.4. The Hall–Kier alpha value is -3.79. The van der Waals surface area contributed by atoms with Gasteiger partial charge in [-0.2, -0.15) is 0 Å². The van der Waals surface area contributed by atoms with E-state index < -0.39 is 108 Å². The van der Waals surface area contributed by atoms with Crippen LogP contribution >= 0.6 is 0 Å². The van der Waals surface area contributed by atoms with E-state index >= 15 is 0 Å². The van der Waals surface area contributed by atoms with Gasteiger partial charge in [0.05, 0.1) is 59.9 Å². The summed E-state index contributed by atoms with van der Waals surface area (Å²) in [5.74, 6) is -4.41. The van der Waals surface area contributed by atoms with E-state index in [1.54, 1.807) is 48.5 Å². The molecule has 3 fully saturated rings. The van der Waals surface area contributed by atoms with Crippen molar-refractivity contribution in [1.29, 1.82) is 0 Å². The highest BCUT2D eigenvalue weighted by molar-refractivity contribution is 5.88. The molecule has 2 aromatic carbocycles. The van der Waals surface area contributed by atoms with Gasteiger partial charge >= 0.3 is 12.1 Å². The molecule has 1 amide bonds. The normalized spacial score (nSPS) is 39.0. The number of nitrogens with zero attached hydrogens (tertiary/aromatic N) is 3. The van der Waals surface area contributed by atoms with Gasteiger partial charge in [0.15, 0.2) is 12.6 Å². The molecule has 0 spiro atoms. The molecule has 3 aliphatic rings. The Kier molecular flexibility index (Phi) is 21.0. The van der Waals surface area contributed by atoms with Crippen molar-refractivity contribution in [3.8, 4) is 0 Å². The van der Waals surface area contributed by atoms with Crippen molar-refractivity contribution in [3.05, 3.63) is 71.8 Å². The van der Waals surface area contributed by atoms with E-state index in [0.29, 0.717) is 6.42 Å². The van der Waals surface area contributed by atoms with Gasteiger partial charge < -0.3 is 73.3 Å². The number of amides is 1. The van der Waals surface area contributed by atoms with Crippen LogP contribution in [-0.4, -0.2) is 172 Å². The highest BCUT2D eigenvalue weighted by Gasteiger charge is 2.53. The third-order valence-electron chi connectivity index (χ3n) is 15.2. The van der Waals surface area contributed by atoms with Crippen LogP contribution in [-0.2, 0) is 55.9 Å². The van der Waals surface area contributed by atoms with Crippen LogP contribution in [0.1, 0.15) is 106 Å². The largest absolute Gasteiger partial charge is 0.459 e. The van der Waals surface area contributed by atoms with E-state index in [1.807, 2.05) is 93.5 Å². The molecule has 5 N–H and O–H groups in total. The van der Waals surface area contributed by atoms with Crippen molar-refractivity contribution in [1.82, 2.24) is 9.80 Å². The number of likely N-dealkylation sites (N-methyl/N-ethyl adjacent to an activating group) is 1. The number of cyclic esters (lactones) is 1. The van der Waals surface area contributed by atoms with Crippen molar-refractivity contribution in [3.63, 3.8) is 0 Å². The molecule has 18 atom stereocenters. The Morgan fingerprint density at radius 3 is 2.07 bits per heavy atom. The Morgan fingerprint density at radius 1 is 0.847 bits per heavy atom. The lowest BCUT2D eigenvalue weighted by molar-refractivity contribution is -0.317. The molecule has 0 aliphatic carbocycles. The summed E-state index contributed by atoms with van der Waals surface area (Å²) in [4.78, 5) is 37.6. The second-order valence-electron chi connectivity index (χ2n) is 21.4. The van der Waals surface area contributed by atoms with Gasteiger partial charge in [0.1, 0.15) is 37.1 Å². The first-order valence-corrected chi connectivity index (χ1v) is 25.6. The fourth-order valence-electron chi connectivity index (χ4n) is 10.7. The monoisotopic (exact) mass is 1020 g/mol. The van der Waals surface area contributed by atoms with E-state index in [4.69, 9.17) is 38.0 Å². The van der Waals surface area contributed by atoms with Gasteiger partial charge in [0, 0.05) is 43.9 Å². The Labute approximate surface area is 426 Å². The molecule has 0 radical (unpaired) electrons. The van der Waals surface area contributed by atoms with E-state index in [1.165, 1.54) is 18.9 Å². The second-order valence-corrected chi connectivity index (χ2v) is 21.4. The van der Waals surface area contributed by atoms with Crippen molar-refractivity contribution in [2.75, 3.05) is 34.4 Å². The van der Waals surface area contributed by atoms with Gasteiger partial charge in [-0.05, 0) is 86.0 Å². The first-order chi connectivity index (χ1) is 33.8. The quantitative estimate of drug-likeness (QED) is 0.0852. The first-order valence-electron chi connectivity index (χ1n) is 25.6. The lowest BCUT2D eigenvalue weighted by atomic mass is 9.73. The molecule has 3 unspecified atom stereocenters. The molecule has 3 saturated heterocycles. The zero-order valence-corrected chi connectivity index (χ0v) is 44.8. The van der Waals surface area contributed by atoms with Crippen LogP contribution in [0.3, 0.4) is 0 Å². The van der Waals surface area contributed by atoms with Crippen LogP contribution in [0, 0.1) is 23.7 Å². The van der Waals surface area contributed by atoms with Gasteiger partial charge in [-0.25, -0.2) is 4.79 Å². The van der Waals surface area contributed by atoms with E-state index in [2.05, 4.69) is 5.16 Å². The maximum Gasteiger partial charge on any atom is 0.410 e. The Bertz CT molecular complexity index is 2030. The van der Waals surface area contributed by atoms with Crippen molar-refractivity contribution in [2.45, 2.75) is 192 Å². The summed E-state index contributed by atoms with van der Waals surface area (Å²) < 4.78 is 43.8. The molecular formula is C54H85N3O15. The maximum absolute atomic E-state index is 14.6. The van der Waals surface area contributed by atoms with Crippen molar-refractivity contribution >= 4 is 17.8 Å². The number of ether oxygens (including phenoxy) is 7. The predicted molar refractivity (Wildman–Crippen MR) is 268 cm³/mol. The Morgan fingerprint density at radius 2 is 1.47 bits per heavy atom. The molecule has 0 aromatic heterocycles. The van der Waals surface area contributed by atoms with Gasteiger partial charge in [-0.3, -0.25) is 4.79 Å². The lowest BCUT2D eigenvalue weighted by Gasteiger charge is -2.49. The third kappa shape index (κ3) is 14.5. The van der Waals surface area contributed by atoms with Crippen LogP contribution in [0.4, 0.5) is 4.79 Å². The van der Waals surface area contributed by atoms with E-state index in [-0.39, 0.29) is 63.4 Å². The fraction of sp³-hybridized carbons (Fsp3) is 0.722. The SMILES string of the molecule is CC[C@H]1OC(=O)[C@H](C)[C@@H](O[C@H]2C[C@@](C)(OC)[C@@H](O)[C@H](C)O2)[C@H](C)[C@@H](O[C@@H]2O[C@H](C)CC(N(C)C)[C@H]2O)C(C)(O)C[C@@H](C)/C(=N\OCCN(Cc2ccccc2)C(=O)OCc2ccccc2)C(C)[C@@H](O)[C@]1(C)O. The highest BCUT2D eigenvalue weighted by atomic mass is 16.7. The second kappa shape index (κ2) is 25.6. The molecule has 72 heavy (non-hydrogen) atoms. The van der Waals surface area contributed by atoms with Gasteiger partial charge in [0.25, 0.3) is 0 Å². The van der Waals surface area contributed by atoms with Gasteiger partial charge in [0.2, 0.25) is 0 Å². The molecule has 3 heterocycles. The minimum absolute atomic E-state index is 0.0585. The fourth-order valence-corrected chi connectivity index (χ4v) is 10.7. The van der Waals surface area contributed by atoms with Gasteiger partial charge in [-0.15, -0.1) is 0 Å². The number of carbonyl (C=O) groups excluding carboxylic acids is 2. The summed E-state index contributed by atoms with van der Waals surface area (Å²) in [7, 11) is 5.20. The molecule has 0 saturated carbocycles. The summed E-state index contributed by atoms with van der Waals surface area (Å²) in [5.41, 5.74) is -3.01. The summed E-state index contributed by atoms with van der Waals surface area (Å²) >= 11 is 0. The standard InChI is InChI=1S/C54H85N3O15/c1-14-41-54(10,64)46(59)34(4)43(55-67-26-25-57(30-38-21-17-15-18-22-38)51(62)66-31-39-23-19-16-20-24-39)32(2)28-52(8,63)48(72-50-44(58)40(56(11)12)27-33(3)68-50)35(5)45(36(6)49(61)70-41)71-42-29-53(9,65-13)47(60)37(7)69-42/h15-24,32-37,40-42,44-48,50,58-60,63-64H,14,25-31H2,1-13H3/b55-43+/t32-,33-,34?,35+,36-,37+,40?,41-,42+,44-,45+,46-,47+,48-,50+,52?,53-,54-/m1/s1. The van der Waals surface area contributed by atoms with Gasteiger partial charge in [-0.1, -0.05) is 93.5 Å². The lowest BCUT2D eigenvalue weighted by Crippen LogP contribution is -2.61. The molecule has 18 nitrogen and oxygen atoms in total. The number of aliphatic hydroxyl groups is 5. The molecular weight excluding hydrogens is 931 g/mol. The van der Waals surface area contributed by atoms with Crippen molar-refractivity contribution < 1.29 is 73.1 Å². The van der Waals surface area contributed by atoms with Crippen LogP contribution in [0.15, 0.2) is 65.8 Å². The predicted octanol–water partition coefficient (Wildman–Crippen LogP) is 5.43. The first kappa shape index (κ1) is 59.1. The number of rotatable bonds is 15. The van der Waals surface area contributed by atoms with Crippen LogP contribution < -0.4 is 0 Å².